The van der Waals surface area contributed by atoms with Gasteiger partial charge in [0, 0.05) is 24.3 Å². The molecular formula is C26H24F3N5O5. The number of amides is 2. The van der Waals surface area contributed by atoms with E-state index in [2.05, 4.69) is 15.4 Å². The van der Waals surface area contributed by atoms with Crippen molar-refractivity contribution in [1.82, 2.24) is 19.7 Å². The largest absolute Gasteiger partial charge is 0.452 e. The third kappa shape index (κ3) is 5.24. The molecule has 0 spiro atoms. The standard InChI is InChI=1S/C26H24F3N5O5/c1-2-38-25(37)33-12-10-17(11-13-33)34-19-9-8-16(14-18(19)22(35)32-34)30-23(36)20-21(26(27,28)29)39-24(31-20)15-6-4-3-5-7-15/h3-9,14,17H,2,10-13H2,1H3,(H,30,36)(H,32,35). The van der Waals surface area contributed by atoms with Crippen LogP contribution in [0.25, 0.3) is 22.4 Å². The van der Waals surface area contributed by atoms with Crippen molar-refractivity contribution in [3.63, 3.8) is 0 Å². The Bertz CT molecular complexity index is 1570. The predicted octanol–water partition coefficient (Wildman–Crippen LogP) is 5.05. The maximum Gasteiger partial charge on any atom is 0.452 e. The summed E-state index contributed by atoms with van der Waals surface area (Å²) in [4.78, 5) is 43.0. The number of alkyl halides is 3. The van der Waals surface area contributed by atoms with Gasteiger partial charge in [0.15, 0.2) is 5.69 Å². The van der Waals surface area contributed by atoms with E-state index in [-0.39, 0.29) is 41.3 Å². The number of nitrogens with one attached hydrogen (secondary N) is 2. The second-order valence-corrected chi connectivity index (χ2v) is 8.97. The van der Waals surface area contributed by atoms with Crippen molar-refractivity contribution in [3.05, 3.63) is 70.3 Å². The summed E-state index contributed by atoms with van der Waals surface area (Å²) in [6, 6.07) is 12.3. The van der Waals surface area contributed by atoms with Crippen LogP contribution in [0.3, 0.4) is 0 Å². The Morgan fingerprint density at radius 1 is 1.15 bits per heavy atom. The predicted molar refractivity (Wildman–Crippen MR) is 134 cm³/mol. The van der Waals surface area contributed by atoms with Crippen LogP contribution in [-0.2, 0) is 10.9 Å². The normalized spacial score (nSPS) is 14.5. The molecule has 2 N–H and O–H groups in total. The first kappa shape index (κ1) is 26.1. The fourth-order valence-electron chi connectivity index (χ4n) is 4.61. The monoisotopic (exact) mass is 543 g/mol. The summed E-state index contributed by atoms with van der Waals surface area (Å²) < 4.78 is 52.6. The summed E-state index contributed by atoms with van der Waals surface area (Å²) in [6.45, 7) is 2.95. The van der Waals surface area contributed by atoms with E-state index in [0.29, 0.717) is 31.4 Å². The van der Waals surface area contributed by atoms with Gasteiger partial charge in [0.25, 0.3) is 11.5 Å². The number of carbonyl (C=O) groups excluding carboxylic acids is 2. The third-order valence-corrected chi connectivity index (χ3v) is 6.46. The zero-order valence-electron chi connectivity index (χ0n) is 20.7. The molecule has 39 heavy (non-hydrogen) atoms. The van der Waals surface area contributed by atoms with Gasteiger partial charge in [-0.05, 0) is 50.1 Å². The van der Waals surface area contributed by atoms with Crippen molar-refractivity contribution in [1.29, 1.82) is 0 Å². The molecule has 1 fully saturated rings. The fourth-order valence-corrected chi connectivity index (χ4v) is 4.61. The van der Waals surface area contributed by atoms with E-state index in [4.69, 9.17) is 9.15 Å². The van der Waals surface area contributed by atoms with Gasteiger partial charge in [-0.15, -0.1) is 0 Å². The first-order valence-corrected chi connectivity index (χ1v) is 12.3. The number of hydrogen-bond donors (Lipinski definition) is 2. The first-order valence-electron chi connectivity index (χ1n) is 12.3. The lowest BCUT2D eigenvalue weighted by atomic mass is 10.1. The van der Waals surface area contributed by atoms with Gasteiger partial charge in [-0.3, -0.25) is 19.4 Å². The Morgan fingerprint density at radius 2 is 1.87 bits per heavy atom. The second kappa shape index (κ2) is 10.3. The quantitative estimate of drug-likeness (QED) is 0.363. The van der Waals surface area contributed by atoms with Crippen molar-refractivity contribution in [2.45, 2.75) is 32.0 Å². The third-order valence-electron chi connectivity index (χ3n) is 6.46. The summed E-state index contributed by atoms with van der Waals surface area (Å²) in [6.07, 6.45) is -4.15. The van der Waals surface area contributed by atoms with Crippen LogP contribution >= 0.6 is 0 Å². The molecule has 2 amide bonds. The van der Waals surface area contributed by atoms with Crippen LogP contribution in [0.1, 0.15) is 42.1 Å². The number of benzene rings is 2. The van der Waals surface area contributed by atoms with Crippen LogP contribution in [-0.4, -0.2) is 51.4 Å². The van der Waals surface area contributed by atoms with Crippen LogP contribution in [0.2, 0.25) is 0 Å². The molecule has 1 aliphatic rings. The van der Waals surface area contributed by atoms with E-state index in [1.807, 2.05) is 0 Å². The van der Waals surface area contributed by atoms with Gasteiger partial charge < -0.3 is 19.4 Å². The molecular weight excluding hydrogens is 519 g/mol. The molecule has 0 unspecified atom stereocenters. The van der Waals surface area contributed by atoms with Gasteiger partial charge in [0.2, 0.25) is 11.7 Å². The maximum absolute atomic E-state index is 13.6. The number of nitrogens with zero attached hydrogens (tertiary/aromatic N) is 3. The minimum absolute atomic E-state index is 0.0813. The zero-order valence-corrected chi connectivity index (χ0v) is 20.7. The summed E-state index contributed by atoms with van der Waals surface area (Å²) >= 11 is 0. The molecule has 13 heteroatoms. The van der Waals surface area contributed by atoms with Crippen molar-refractivity contribution in [3.8, 4) is 11.5 Å². The van der Waals surface area contributed by atoms with Gasteiger partial charge in [-0.1, -0.05) is 18.2 Å². The summed E-state index contributed by atoms with van der Waals surface area (Å²) in [5, 5.41) is 5.44. The zero-order chi connectivity index (χ0) is 27.7. The Morgan fingerprint density at radius 3 is 2.54 bits per heavy atom. The minimum Gasteiger partial charge on any atom is -0.450 e. The Balaban J connectivity index is 1.37. The number of rotatable bonds is 5. The highest BCUT2D eigenvalue weighted by molar-refractivity contribution is 6.04. The van der Waals surface area contributed by atoms with Crippen LogP contribution in [0.15, 0.2) is 57.7 Å². The van der Waals surface area contributed by atoms with Crippen LogP contribution < -0.4 is 10.9 Å². The number of hydrogen-bond acceptors (Lipinski definition) is 6. The summed E-state index contributed by atoms with van der Waals surface area (Å²) in [7, 11) is 0. The molecule has 0 atom stereocenters. The SMILES string of the molecule is CCOC(=O)N1CCC(n2[nH]c(=O)c3cc(NC(=O)c4nc(-c5ccccc5)oc4C(F)(F)F)ccc32)CC1. The highest BCUT2D eigenvalue weighted by atomic mass is 19.4. The molecule has 2 aromatic heterocycles. The van der Waals surface area contributed by atoms with Crippen LogP contribution in [0.4, 0.5) is 23.7 Å². The molecule has 1 aliphatic heterocycles. The lowest BCUT2D eigenvalue weighted by molar-refractivity contribution is -0.153. The van der Waals surface area contributed by atoms with Gasteiger partial charge in [0.1, 0.15) is 0 Å². The number of likely N-dealkylation sites (tertiary alicyclic amines) is 1. The van der Waals surface area contributed by atoms with Gasteiger partial charge in [0.05, 0.1) is 23.6 Å². The van der Waals surface area contributed by atoms with Crippen LogP contribution in [0.5, 0.6) is 0 Å². The summed E-state index contributed by atoms with van der Waals surface area (Å²) in [5.74, 6) is -2.99. The number of oxazole rings is 1. The van der Waals surface area contributed by atoms with Crippen LogP contribution in [0, 0.1) is 0 Å². The first-order chi connectivity index (χ1) is 18.7. The van der Waals surface area contributed by atoms with E-state index in [0.717, 1.165) is 0 Å². The molecule has 0 bridgehead atoms. The van der Waals surface area contributed by atoms with Crippen molar-refractivity contribution < 1.29 is 31.9 Å². The van der Waals surface area contributed by atoms with E-state index in [1.165, 1.54) is 24.3 Å². The number of aromatic nitrogens is 3. The lowest BCUT2D eigenvalue weighted by Crippen LogP contribution is -2.39. The Labute approximate surface area is 219 Å². The molecule has 0 saturated carbocycles. The number of fused-ring (bicyclic) bond motifs is 1. The van der Waals surface area contributed by atoms with E-state index < -0.39 is 29.1 Å². The van der Waals surface area contributed by atoms with E-state index in [9.17, 15) is 27.6 Å². The van der Waals surface area contributed by atoms with E-state index >= 15 is 0 Å². The summed E-state index contributed by atoms with van der Waals surface area (Å²) in [5.41, 5.74) is -0.370. The molecule has 0 aliphatic carbocycles. The molecule has 204 valence electrons. The number of H-pyrrole nitrogens is 1. The number of carbonyl (C=O) groups is 2. The van der Waals surface area contributed by atoms with Gasteiger partial charge >= 0.3 is 12.3 Å². The molecule has 10 nitrogen and oxygen atoms in total. The number of aromatic amines is 1. The molecule has 0 radical (unpaired) electrons. The molecule has 3 heterocycles. The van der Waals surface area contributed by atoms with E-state index in [1.54, 1.807) is 40.8 Å². The number of piperidine rings is 1. The Hall–Kier alpha value is -4.55. The fraction of sp³-hybridized carbons (Fsp3) is 0.308. The van der Waals surface area contributed by atoms with Crippen molar-refractivity contribution in [2.75, 3.05) is 25.0 Å². The molecule has 1 saturated heterocycles. The highest BCUT2D eigenvalue weighted by Crippen LogP contribution is 2.36. The topological polar surface area (TPSA) is 122 Å². The minimum atomic E-state index is -4.95. The Kier molecular flexibility index (Phi) is 6.89. The maximum atomic E-state index is 13.6. The van der Waals surface area contributed by atoms with Crippen molar-refractivity contribution in [2.24, 2.45) is 0 Å². The average molecular weight is 544 g/mol. The number of ether oxygens (including phenoxy) is 1. The average Bonchev–Trinajstić information content (AvgIpc) is 3.52. The molecule has 4 aromatic rings. The number of anilines is 1. The van der Waals surface area contributed by atoms with Crippen molar-refractivity contribution >= 4 is 28.6 Å². The molecule has 2 aromatic carbocycles. The molecule has 5 rings (SSSR count). The van der Waals surface area contributed by atoms with Gasteiger partial charge in [-0.25, -0.2) is 9.78 Å². The number of halogens is 3. The van der Waals surface area contributed by atoms with Gasteiger partial charge in [-0.2, -0.15) is 13.2 Å². The smallest absolute Gasteiger partial charge is 0.450 e. The lowest BCUT2D eigenvalue weighted by Gasteiger charge is -2.31. The highest BCUT2D eigenvalue weighted by Gasteiger charge is 2.42. The second-order valence-electron chi connectivity index (χ2n) is 8.97.